The lowest BCUT2D eigenvalue weighted by Gasteiger charge is -2.38. The number of fused-ring (bicyclic) bond motifs is 13. The van der Waals surface area contributed by atoms with Crippen LogP contribution in [0.25, 0.3) is 21.5 Å². The molecule has 4 nitrogen and oxygen atoms in total. The number of nitrogens with zero attached hydrogens (tertiary/aromatic N) is 1. The highest BCUT2D eigenvalue weighted by molar-refractivity contribution is 6.29. The number of imide groups is 1. The van der Waals surface area contributed by atoms with Gasteiger partial charge in [-0.1, -0.05) is 123 Å². The molecule has 3 aliphatic rings. The van der Waals surface area contributed by atoms with Gasteiger partial charge in [0, 0.05) is 6.54 Å². The van der Waals surface area contributed by atoms with Crippen LogP contribution in [0.3, 0.4) is 0 Å². The highest BCUT2D eigenvalue weighted by Gasteiger charge is 2.82. The lowest BCUT2D eigenvalue weighted by Crippen LogP contribution is -2.45. The molecule has 1 aliphatic heterocycles. The Labute approximate surface area is 245 Å². The van der Waals surface area contributed by atoms with Gasteiger partial charge in [0.25, 0.3) is 0 Å². The third-order valence-corrected chi connectivity index (χ3v) is 10.2. The molecule has 0 N–H and O–H groups in total. The Morgan fingerprint density at radius 3 is 1.36 bits per heavy atom. The van der Waals surface area contributed by atoms with Crippen LogP contribution in [0.2, 0.25) is 0 Å². The maximum Gasteiger partial charge on any atom is 0.234 e. The van der Waals surface area contributed by atoms with E-state index in [9.17, 15) is 9.59 Å². The summed E-state index contributed by atoms with van der Waals surface area (Å²) >= 11 is 0. The molecule has 2 bridgehead atoms. The normalized spacial score (nSPS) is 26.1. The largest absolute Gasteiger partial charge is 0.297 e. The Morgan fingerprint density at radius 1 is 0.571 bits per heavy atom. The summed E-state index contributed by atoms with van der Waals surface area (Å²) in [5, 5.41) is 4.05. The summed E-state index contributed by atoms with van der Waals surface area (Å²) in [6.07, 6.45) is 0.723. The van der Waals surface area contributed by atoms with E-state index in [-0.39, 0.29) is 17.6 Å². The number of benzene rings is 5. The minimum atomic E-state index is -1.29. The number of carbonyl (C=O) groups is 3. The van der Waals surface area contributed by atoms with Crippen LogP contribution in [-0.4, -0.2) is 29.0 Å². The van der Waals surface area contributed by atoms with Gasteiger partial charge in [-0.25, -0.2) is 0 Å². The maximum absolute atomic E-state index is 15.7. The van der Waals surface area contributed by atoms with Crippen LogP contribution in [0, 0.1) is 17.8 Å². The van der Waals surface area contributed by atoms with Gasteiger partial charge in [0.05, 0.1) is 22.7 Å². The first-order chi connectivity index (χ1) is 20.4. The van der Waals surface area contributed by atoms with Crippen LogP contribution in [-0.2, 0) is 25.2 Å². The van der Waals surface area contributed by atoms with Crippen molar-refractivity contribution < 1.29 is 14.4 Å². The highest BCUT2D eigenvalue weighted by atomic mass is 16.2. The number of ketones is 1. The number of carbonyl (C=O) groups excluding carboxylic acids is 3. The Hall–Kier alpha value is -4.57. The topological polar surface area (TPSA) is 54.5 Å². The summed E-state index contributed by atoms with van der Waals surface area (Å²) in [6, 6.07) is 36.0. The van der Waals surface area contributed by atoms with Gasteiger partial charge in [-0.3, -0.25) is 19.3 Å². The van der Waals surface area contributed by atoms with E-state index in [1.54, 1.807) is 0 Å². The van der Waals surface area contributed by atoms with Crippen LogP contribution in [0.1, 0.15) is 42.5 Å². The van der Waals surface area contributed by atoms with Gasteiger partial charge in [0.2, 0.25) is 11.8 Å². The molecule has 4 atom stereocenters. The summed E-state index contributed by atoms with van der Waals surface area (Å²) < 4.78 is 0. The van der Waals surface area contributed by atoms with Gasteiger partial charge in [0.1, 0.15) is 0 Å². The second-order valence-electron chi connectivity index (χ2n) is 12.5. The summed E-state index contributed by atoms with van der Waals surface area (Å²) in [4.78, 5) is 46.5. The van der Waals surface area contributed by atoms with Crippen LogP contribution < -0.4 is 0 Å². The molecule has 5 aromatic carbocycles. The highest BCUT2D eigenvalue weighted by Crippen LogP contribution is 2.72. The van der Waals surface area contributed by atoms with Gasteiger partial charge in [0.15, 0.2) is 5.78 Å². The lowest BCUT2D eigenvalue weighted by molar-refractivity contribution is -0.143. The molecule has 5 aromatic rings. The van der Waals surface area contributed by atoms with Gasteiger partial charge < -0.3 is 0 Å². The zero-order valence-corrected chi connectivity index (χ0v) is 23.7. The van der Waals surface area contributed by atoms with Crippen molar-refractivity contribution in [2.24, 2.45) is 17.8 Å². The molecule has 42 heavy (non-hydrogen) atoms. The quantitative estimate of drug-likeness (QED) is 0.179. The Balaban J connectivity index is 1.60. The van der Waals surface area contributed by atoms with Crippen LogP contribution in [0.4, 0.5) is 0 Å². The van der Waals surface area contributed by atoms with Crippen molar-refractivity contribution in [3.05, 3.63) is 131 Å². The van der Waals surface area contributed by atoms with Crippen molar-refractivity contribution in [2.75, 3.05) is 6.54 Å². The van der Waals surface area contributed by atoms with E-state index in [0.717, 1.165) is 50.2 Å². The van der Waals surface area contributed by atoms with Gasteiger partial charge in [-0.2, -0.15) is 0 Å². The Morgan fingerprint density at radius 2 is 0.952 bits per heavy atom. The Kier molecular flexibility index (Phi) is 5.22. The van der Waals surface area contributed by atoms with Crippen molar-refractivity contribution in [1.82, 2.24) is 4.90 Å². The minimum Gasteiger partial charge on any atom is -0.297 e. The number of likely N-dealkylation sites (tertiary alicyclic amines) is 1. The first kappa shape index (κ1) is 25.2. The van der Waals surface area contributed by atoms with Crippen molar-refractivity contribution in [1.29, 1.82) is 0 Å². The van der Waals surface area contributed by atoms with E-state index >= 15 is 4.79 Å². The molecule has 1 heterocycles. The van der Waals surface area contributed by atoms with E-state index in [1.807, 2.05) is 84.9 Å². The van der Waals surface area contributed by atoms with E-state index in [2.05, 4.69) is 38.1 Å². The number of Topliss-reactive ketones (excluding diaryl/α,β-unsaturated/α-hetero) is 1. The van der Waals surface area contributed by atoms with Gasteiger partial charge in [-0.15, -0.1) is 0 Å². The zero-order chi connectivity index (χ0) is 28.8. The van der Waals surface area contributed by atoms with E-state index < -0.39 is 22.7 Å². The summed E-state index contributed by atoms with van der Waals surface area (Å²) in [5.74, 6) is -1.79. The van der Waals surface area contributed by atoms with Crippen molar-refractivity contribution in [3.63, 3.8) is 0 Å². The predicted octanol–water partition coefficient (Wildman–Crippen LogP) is 6.81. The second-order valence-corrected chi connectivity index (χ2v) is 12.5. The van der Waals surface area contributed by atoms with Crippen LogP contribution in [0.5, 0.6) is 0 Å². The number of rotatable bonds is 5. The molecule has 8 rings (SSSR count). The number of hydrogen-bond acceptors (Lipinski definition) is 3. The average molecular weight is 550 g/mol. The summed E-state index contributed by atoms with van der Waals surface area (Å²) in [5.41, 5.74) is 0.776. The molecule has 0 spiro atoms. The molecule has 4 heteroatoms. The SMILES string of the molecule is CC(C)CCN1C(=O)[C@@H]2[C@H](C1=O)[C@@]1(c3ccccc3)C(=O)[C@]2(c2ccccc2)c2c1c1ccccc1c1ccccc21. The van der Waals surface area contributed by atoms with Crippen LogP contribution in [0.15, 0.2) is 109 Å². The zero-order valence-electron chi connectivity index (χ0n) is 23.7. The fraction of sp³-hybridized carbons (Fsp3) is 0.237. The van der Waals surface area contributed by atoms with Gasteiger partial charge >= 0.3 is 0 Å². The van der Waals surface area contributed by atoms with E-state index in [4.69, 9.17) is 0 Å². The molecule has 206 valence electrons. The monoisotopic (exact) mass is 549 g/mol. The maximum atomic E-state index is 15.7. The first-order valence-electron chi connectivity index (χ1n) is 14.9. The smallest absolute Gasteiger partial charge is 0.234 e. The van der Waals surface area contributed by atoms with E-state index in [0.29, 0.717) is 12.5 Å². The molecule has 0 aromatic heterocycles. The lowest BCUT2D eigenvalue weighted by atomic mass is 9.59. The second kappa shape index (κ2) is 8.72. The molecule has 0 unspecified atom stereocenters. The van der Waals surface area contributed by atoms with E-state index in [1.165, 1.54) is 4.90 Å². The fourth-order valence-corrected chi connectivity index (χ4v) is 8.61. The molecule has 2 fully saturated rings. The summed E-state index contributed by atoms with van der Waals surface area (Å²) in [6.45, 7) is 4.57. The van der Waals surface area contributed by atoms with Crippen molar-refractivity contribution >= 4 is 39.1 Å². The molecule has 0 radical (unpaired) electrons. The molecular formula is C38H31NO3. The third kappa shape index (κ3) is 2.80. The fourth-order valence-electron chi connectivity index (χ4n) is 8.61. The molecule has 2 amide bonds. The predicted molar refractivity (Wildman–Crippen MR) is 164 cm³/mol. The van der Waals surface area contributed by atoms with Crippen molar-refractivity contribution in [2.45, 2.75) is 31.1 Å². The molecule has 1 saturated heterocycles. The standard InChI is InChI=1S/C38H31NO3/c1-23(2)21-22-39-34(40)32-33(35(39)41)38(25-15-7-4-8-16-25)31-29-20-12-10-18-27(29)26-17-9-11-19-28(26)30(31)37(32,36(38)42)24-13-5-3-6-14-24/h3-20,23,32-33H,21-22H2,1-2H3/t32-,33+,37+,38-. The van der Waals surface area contributed by atoms with Gasteiger partial charge in [-0.05, 0) is 56.1 Å². The summed E-state index contributed by atoms with van der Waals surface area (Å²) in [7, 11) is 0. The molecular weight excluding hydrogens is 518 g/mol. The van der Waals surface area contributed by atoms with Crippen LogP contribution >= 0.6 is 0 Å². The average Bonchev–Trinajstić information content (AvgIpc) is 3.53. The Bertz CT molecular complexity index is 1810. The first-order valence-corrected chi connectivity index (χ1v) is 14.9. The molecule has 1 saturated carbocycles. The minimum absolute atomic E-state index is 0.0517. The number of hydrogen-bond donors (Lipinski definition) is 0. The third-order valence-electron chi connectivity index (χ3n) is 10.2. The van der Waals surface area contributed by atoms with Crippen molar-refractivity contribution in [3.8, 4) is 0 Å². The molecule has 2 aliphatic carbocycles. The number of amides is 2.